The Kier molecular flexibility index (Phi) is 2.05. The number of Topliss-reactive ketones (excluding diaryl/α,β-unsaturated/α-hetero) is 1. The van der Waals surface area contributed by atoms with E-state index in [1.807, 2.05) is 0 Å². The molecule has 0 atom stereocenters. The molecule has 0 aliphatic carbocycles. The molecule has 11 heavy (non-hydrogen) atoms. The molecule has 1 heterocycles. The summed E-state index contributed by atoms with van der Waals surface area (Å²) in [5, 5.41) is 5.60. The number of H-pyrrole nitrogens is 1. The Morgan fingerprint density at radius 1 is 1.73 bits per heavy atom. The van der Waals surface area contributed by atoms with Crippen molar-refractivity contribution in [1.29, 1.82) is 0 Å². The van der Waals surface area contributed by atoms with Gasteiger partial charge in [0.2, 0.25) is 0 Å². The lowest BCUT2D eigenvalue weighted by molar-refractivity contribution is 0.101. The molecule has 0 saturated heterocycles. The molecule has 0 unspecified atom stereocenters. The van der Waals surface area contributed by atoms with Gasteiger partial charge in [-0.2, -0.15) is 5.10 Å². The molecule has 1 aromatic rings. The van der Waals surface area contributed by atoms with E-state index in [1.54, 1.807) is 0 Å². The predicted molar refractivity (Wildman–Crippen MR) is 39.9 cm³/mol. The second kappa shape index (κ2) is 2.84. The van der Waals surface area contributed by atoms with Crippen molar-refractivity contribution in [3.63, 3.8) is 0 Å². The topological polar surface area (TPSA) is 62.8 Å². The molecular formula is C6H5ClN2O2. The summed E-state index contributed by atoms with van der Waals surface area (Å²) in [7, 11) is 0. The first kappa shape index (κ1) is 7.94. The third-order valence-corrected chi connectivity index (χ3v) is 1.45. The SMILES string of the molecule is CC(=O)c1c(Cl)cn[nH]c1=O. The fourth-order valence-electron chi connectivity index (χ4n) is 0.705. The third-order valence-electron chi connectivity index (χ3n) is 1.16. The standard InChI is InChI=1S/C6H5ClN2O2/c1-3(10)5-4(7)2-8-9-6(5)11/h2H,1H3,(H,9,11). The highest BCUT2D eigenvalue weighted by atomic mass is 35.5. The van der Waals surface area contributed by atoms with Gasteiger partial charge >= 0.3 is 0 Å². The van der Waals surface area contributed by atoms with E-state index in [0.717, 1.165) is 0 Å². The van der Waals surface area contributed by atoms with Gasteiger partial charge in [0.25, 0.3) is 5.56 Å². The Hall–Kier alpha value is -1.16. The molecule has 0 bridgehead atoms. The Morgan fingerprint density at radius 2 is 2.36 bits per heavy atom. The van der Waals surface area contributed by atoms with Crippen LogP contribution in [0.1, 0.15) is 17.3 Å². The van der Waals surface area contributed by atoms with Crippen molar-refractivity contribution in [1.82, 2.24) is 10.2 Å². The van der Waals surface area contributed by atoms with Gasteiger partial charge in [-0.15, -0.1) is 0 Å². The summed E-state index contributed by atoms with van der Waals surface area (Å²) in [6, 6.07) is 0. The van der Waals surface area contributed by atoms with E-state index in [4.69, 9.17) is 11.6 Å². The van der Waals surface area contributed by atoms with Crippen LogP contribution in [0.4, 0.5) is 0 Å². The molecule has 0 fully saturated rings. The molecule has 0 aromatic carbocycles. The first-order chi connectivity index (χ1) is 5.13. The average molecular weight is 173 g/mol. The van der Waals surface area contributed by atoms with Gasteiger partial charge in [-0.3, -0.25) is 9.59 Å². The predicted octanol–water partition coefficient (Wildman–Crippen LogP) is 0.626. The highest BCUT2D eigenvalue weighted by Crippen LogP contribution is 2.08. The lowest BCUT2D eigenvalue weighted by Gasteiger charge is -1.94. The minimum absolute atomic E-state index is 0.0401. The molecule has 0 aliphatic rings. The molecule has 0 amide bonds. The van der Waals surface area contributed by atoms with Crippen molar-refractivity contribution in [2.24, 2.45) is 0 Å². The summed E-state index contributed by atoms with van der Waals surface area (Å²) < 4.78 is 0. The van der Waals surface area contributed by atoms with Crippen LogP contribution < -0.4 is 5.56 Å². The molecule has 0 aliphatic heterocycles. The van der Waals surface area contributed by atoms with Gasteiger partial charge in [-0.25, -0.2) is 5.10 Å². The van der Waals surface area contributed by atoms with Crippen molar-refractivity contribution >= 4 is 17.4 Å². The molecule has 4 nitrogen and oxygen atoms in total. The van der Waals surface area contributed by atoms with Gasteiger partial charge < -0.3 is 0 Å². The zero-order valence-corrected chi connectivity index (χ0v) is 6.47. The zero-order valence-electron chi connectivity index (χ0n) is 5.72. The van der Waals surface area contributed by atoms with Gasteiger partial charge in [-0.1, -0.05) is 11.6 Å². The second-order valence-electron chi connectivity index (χ2n) is 1.98. The van der Waals surface area contributed by atoms with Gasteiger partial charge in [0.05, 0.1) is 11.2 Å². The highest BCUT2D eigenvalue weighted by molar-refractivity contribution is 6.33. The molecule has 0 saturated carbocycles. The zero-order chi connectivity index (χ0) is 8.43. The minimum Gasteiger partial charge on any atom is -0.294 e. The van der Waals surface area contributed by atoms with Crippen LogP contribution >= 0.6 is 11.6 Å². The van der Waals surface area contributed by atoms with E-state index in [0.29, 0.717) is 0 Å². The number of hydrogen-bond acceptors (Lipinski definition) is 3. The van der Waals surface area contributed by atoms with Gasteiger partial charge in [0.15, 0.2) is 5.78 Å². The number of carbonyl (C=O) groups excluding carboxylic acids is 1. The normalized spacial score (nSPS) is 9.64. The molecule has 1 rings (SSSR count). The summed E-state index contributed by atoms with van der Waals surface area (Å²) in [5.74, 6) is -0.362. The Bertz CT molecular complexity index is 345. The number of aromatic nitrogens is 2. The maximum atomic E-state index is 10.9. The number of halogens is 1. The average Bonchev–Trinajstić information content (AvgIpc) is 1.85. The lowest BCUT2D eigenvalue weighted by atomic mass is 10.2. The summed E-state index contributed by atoms with van der Waals surface area (Å²) in [5.41, 5.74) is -0.591. The van der Waals surface area contributed by atoms with Gasteiger partial charge in [0.1, 0.15) is 5.56 Å². The highest BCUT2D eigenvalue weighted by Gasteiger charge is 2.09. The molecule has 58 valence electrons. The number of hydrogen-bond donors (Lipinski definition) is 1. The quantitative estimate of drug-likeness (QED) is 0.632. The number of nitrogens with one attached hydrogen (secondary N) is 1. The van der Waals surface area contributed by atoms with Crippen molar-refractivity contribution in [2.45, 2.75) is 6.92 Å². The van der Waals surface area contributed by atoms with Crippen LogP contribution in [0, 0.1) is 0 Å². The summed E-state index contributed by atoms with van der Waals surface area (Å²) in [4.78, 5) is 21.6. The summed E-state index contributed by atoms with van der Waals surface area (Å²) in [6.45, 7) is 1.27. The van der Waals surface area contributed by atoms with Crippen LogP contribution in [-0.4, -0.2) is 16.0 Å². The fourth-order valence-corrected chi connectivity index (χ4v) is 0.972. The van der Waals surface area contributed by atoms with Crippen LogP contribution in [0.25, 0.3) is 0 Å². The van der Waals surface area contributed by atoms with Crippen LogP contribution in [0.5, 0.6) is 0 Å². The fraction of sp³-hybridized carbons (Fsp3) is 0.167. The van der Waals surface area contributed by atoms with Crippen LogP contribution in [0.15, 0.2) is 11.0 Å². The first-order valence-electron chi connectivity index (χ1n) is 2.87. The van der Waals surface area contributed by atoms with Gasteiger partial charge in [0, 0.05) is 0 Å². The summed E-state index contributed by atoms with van der Waals surface area (Å²) in [6.07, 6.45) is 1.22. The molecule has 1 aromatic heterocycles. The molecule has 5 heteroatoms. The van der Waals surface area contributed by atoms with E-state index in [-0.39, 0.29) is 16.4 Å². The maximum Gasteiger partial charge on any atom is 0.276 e. The molecule has 1 N–H and O–H groups in total. The van der Waals surface area contributed by atoms with Crippen molar-refractivity contribution in [3.8, 4) is 0 Å². The van der Waals surface area contributed by atoms with E-state index in [9.17, 15) is 9.59 Å². The van der Waals surface area contributed by atoms with Crippen LogP contribution in [0.3, 0.4) is 0 Å². The van der Waals surface area contributed by atoms with Gasteiger partial charge in [-0.05, 0) is 6.92 Å². The Labute approximate surface area is 67.2 Å². The smallest absolute Gasteiger partial charge is 0.276 e. The third kappa shape index (κ3) is 1.46. The number of rotatable bonds is 1. The number of aromatic amines is 1. The van der Waals surface area contributed by atoms with E-state index < -0.39 is 5.56 Å². The molecular weight excluding hydrogens is 168 g/mol. The lowest BCUT2D eigenvalue weighted by Crippen LogP contribution is -2.17. The van der Waals surface area contributed by atoms with E-state index >= 15 is 0 Å². The minimum atomic E-state index is -0.551. The summed E-state index contributed by atoms with van der Waals surface area (Å²) >= 11 is 5.52. The maximum absolute atomic E-state index is 10.9. The molecule has 0 spiro atoms. The Balaban J connectivity index is 3.45. The second-order valence-corrected chi connectivity index (χ2v) is 2.39. The number of ketones is 1. The van der Waals surface area contributed by atoms with Crippen molar-refractivity contribution in [3.05, 3.63) is 27.1 Å². The van der Waals surface area contributed by atoms with E-state index in [1.165, 1.54) is 13.1 Å². The van der Waals surface area contributed by atoms with Crippen molar-refractivity contribution in [2.75, 3.05) is 0 Å². The van der Waals surface area contributed by atoms with Crippen LogP contribution in [0.2, 0.25) is 5.02 Å². The molecule has 0 radical (unpaired) electrons. The van der Waals surface area contributed by atoms with Crippen molar-refractivity contribution < 1.29 is 4.79 Å². The van der Waals surface area contributed by atoms with Crippen LogP contribution in [-0.2, 0) is 0 Å². The first-order valence-corrected chi connectivity index (χ1v) is 3.25. The number of nitrogens with zero attached hydrogens (tertiary/aromatic N) is 1. The van der Waals surface area contributed by atoms with E-state index in [2.05, 4.69) is 10.2 Å². The largest absolute Gasteiger partial charge is 0.294 e. The number of carbonyl (C=O) groups is 1. The monoisotopic (exact) mass is 172 g/mol. The Morgan fingerprint density at radius 3 is 2.73 bits per heavy atom.